The summed E-state index contributed by atoms with van der Waals surface area (Å²) in [4.78, 5) is 13.8. The molecule has 1 aliphatic carbocycles. The molecule has 10 heteroatoms. The molecule has 1 aromatic carbocycles. The summed E-state index contributed by atoms with van der Waals surface area (Å²) in [6.07, 6.45) is 5.72. The van der Waals surface area contributed by atoms with E-state index in [-0.39, 0.29) is 23.6 Å². The van der Waals surface area contributed by atoms with Crippen LogP contribution in [-0.2, 0) is 10.0 Å². The lowest BCUT2D eigenvalue weighted by Gasteiger charge is -2.25. The quantitative estimate of drug-likeness (QED) is 0.384. The Balaban J connectivity index is 1.30. The lowest BCUT2D eigenvalue weighted by Crippen LogP contribution is -2.33. The van der Waals surface area contributed by atoms with E-state index in [4.69, 9.17) is 17.0 Å². The highest BCUT2D eigenvalue weighted by molar-refractivity contribution is 7.89. The minimum Gasteiger partial charge on any atom is -0.490 e. The summed E-state index contributed by atoms with van der Waals surface area (Å²) in [5.74, 6) is 0.386. The van der Waals surface area contributed by atoms with E-state index in [2.05, 4.69) is 5.32 Å². The number of carbonyl (C=O) groups excluding carboxylic acids is 1. The number of unbranched alkanes of at least 4 members (excludes halogenated alkanes) is 2. The highest BCUT2D eigenvalue weighted by Gasteiger charge is 2.35. The van der Waals surface area contributed by atoms with Gasteiger partial charge in [-0.1, -0.05) is 24.7 Å². The summed E-state index contributed by atoms with van der Waals surface area (Å²) in [5.41, 5.74) is 0.786. The monoisotopic (exact) mass is 483 g/mol. The number of nitrogens with zero attached hydrogens (tertiary/aromatic N) is 2. The third kappa shape index (κ3) is 5.77. The number of sulfonamides is 1. The summed E-state index contributed by atoms with van der Waals surface area (Å²) in [5, 5.41) is 2.60. The van der Waals surface area contributed by atoms with Crippen molar-refractivity contribution >= 4 is 33.3 Å². The number of thiocarbonyl (C=S) groups is 1. The molecule has 3 aliphatic rings. The fourth-order valence-electron chi connectivity index (χ4n) is 4.28. The topological polar surface area (TPSA) is 79.0 Å². The summed E-state index contributed by atoms with van der Waals surface area (Å²) in [6.45, 7) is 2.00. The van der Waals surface area contributed by atoms with Gasteiger partial charge in [0.05, 0.1) is 18.9 Å². The zero-order chi connectivity index (χ0) is 22.7. The van der Waals surface area contributed by atoms with E-state index < -0.39 is 15.8 Å². The van der Waals surface area contributed by atoms with Crippen LogP contribution < -0.4 is 10.1 Å². The molecule has 32 heavy (non-hydrogen) atoms. The zero-order valence-corrected chi connectivity index (χ0v) is 19.7. The Morgan fingerprint density at radius 3 is 2.72 bits per heavy atom. The average molecular weight is 484 g/mol. The van der Waals surface area contributed by atoms with Gasteiger partial charge in [-0.15, -0.1) is 0 Å². The third-order valence-corrected chi connectivity index (χ3v) is 8.46. The first kappa shape index (κ1) is 23.4. The molecule has 0 spiro atoms. The minimum absolute atomic E-state index is 0.0698. The summed E-state index contributed by atoms with van der Waals surface area (Å²) in [7, 11) is -3.43. The van der Waals surface area contributed by atoms with E-state index in [0.717, 1.165) is 37.7 Å². The molecule has 3 fully saturated rings. The van der Waals surface area contributed by atoms with Crippen LogP contribution >= 0.6 is 12.2 Å². The Hall–Kier alpha value is -1.78. The Morgan fingerprint density at radius 1 is 1.19 bits per heavy atom. The lowest BCUT2D eigenvalue weighted by atomic mass is 10.1. The minimum atomic E-state index is -3.43. The second-order valence-electron chi connectivity index (χ2n) is 8.86. The van der Waals surface area contributed by atoms with Crippen molar-refractivity contribution in [2.75, 3.05) is 32.0 Å². The largest absolute Gasteiger partial charge is 0.490 e. The normalized spacial score (nSPS) is 21.9. The van der Waals surface area contributed by atoms with Crippen LogP contribution in [0.3, 0.4) is 0 Å². The van der Waals surface area contributed by atoms with E-state index in [1.807, 2.05) is 0 Å². The molecule has 1 saturated carbocycles. The van der Waals surface area contributed by atoms with E-state index in [1.54, 1.807) is 21.3 Å². The smallest absolute Gasteiger partial charge is 0.322 e. The molecule has 2 amide bonds. The van der Waals surface area contributed by atoms with Crippen LogP contribution in [0.25, 0.3) is 0 Å². The molecule has 1 N–H and O–H groups in total. The number of carbonyl (C=O) groups is 1. The Kier molecular flexibility index (Phi) is 7.31. The fourth-order valence-corrected chi connectivity index (χ4v) is 6.35. The van der Waals surface area contributed by atoms with E-state index >= 15 is 0 Å². The summed E-state index contributed by atoms with van der Waals surface area (Å²) in [6, 6.07) is 4.26. The molecule has 176 valence electrons. The number of ether oxygens (including phenoxy) is 1. The van der Waals surface area contributed by atoms with Crippen LogP contribution in [0.5, 0.6) is 5.75 Å². The number of rotatable bonds is 11. The van der Waals surface area contributed by atoms with Crippen molar-refractivity contribution in [3.05, 3.63) is 29.6 Å². The standard InChI is InChI=1S/C22H30FN3O4S2/c23-18-9-8-17(13-20(18)30-15-16-6-7-16)19-5-4-11-26(19)32(28,29)12-3-1-2-10-25-14-21(31)24-22(25)27/h8-9,13,16,19H,1-7,10-12,14-15H2,(H,24,27,31)/t19-/m1/s1. The molecule has 2 saturated heterocycles. The van der Waals surface area contributed by atoms with Crippen LogP contribution in [0.1, 0.15) is 56.6 Å². The maximum Gasteiger partial charge on any atom is 0.322 e. The van der Waals surface area contributed by atoms with Gasteiger partial charge in [-0.25, -0.2) is 17.6 Å². The van der Waals surface area contributed by atoms with E-state index in [1.165, 1.54) is 6.07 Å². The molecule has 0 bridgehead atoms. The van der Waals surface area contributed by atoms with E-state index in [9.17, 15) is 17.6 Å². The summed E-state index contributed by atoms with van der Waals surface area (Å²) >= 11 is 4.99. The molecular formula is C22H30FN3O4S2. The van der Waals surface area contributed by atoms with Gasteiger partial charge in [0.25, 0.3) is 0 Å². The molecule has 0 radical (unpaired) electrons. The van der Waals surface area contributed by atoms with Crippen LogP contribution in [0.4, 0.5) is 9.18 Å². The Morgan fingerprint density at radius 2 is 2.00 bits per heavy atom. The first-order valence-electron chi connectivity index (χ1n) is 11.3. The van der Waals surface area contributed by atoms with Gasteiger partial charge in [-0.05, 0) is 62.1 Å². The number of hydrogen-bond acceptors (Lipinski definition) is 5. The van der Waals surface area contributed by atoms with E-state index in [0.29, 0.717) is 50.0 Å². The van der Waals surface area contributed by atoms with Gasteiger partial charge in [0, 0.05) is 19.1 Å². The van der Waals surface area contributed by atoms with Gasteiger partial charge >= 0.3 is 6.03 Å². The van der Waals surface area contributed by atoms with Crippen molar-refractivity contribution in [3.63, 3.8) is 0 Å². The van der Waals surface area contributed by atoms with Crippen molar-refractivity contribution in [1.82, 2.24) is 14.5 Å². The van der Waals surface area contributed by atoms with Crippen molar-refractivity contribution < 1.29 is 22.3 Å². The lowest BCUT2D eigenvalue weighted by molar-refractivity contribution is 0.216. The van der Waals surface area contributed by atoms with Gasteiger partial charge < -0.3 is 15.0 Å². The van der Waals surface area contributed by atoms with Gasteiger partial charge in [-0.3, -0.25) is 0 Å². The second-order valence-corrected chi connectivity index (χ2v) is 11.4. The van der Waals surface area contributed by atoms with Crippen molar-refractivity contribution in [2.24, 2.45) is 5.92 Å². The highest BCUT2D eigenvalue weighted by atomic mass is 32.2. The van der Waals surface area contributed by atoms with Gasteiger partial charge in [0.15, 0.2) is 11.6 Å². The molecule has 7 nitrogen and oxygen atoms in total. The van der Waals surface area contributed by atoms with Crippen molar-refractivity contribution in [3.8, 4) is 5.75 Å². The van der Waals surface area contributed by atoms with Crippen LogP contribution in [-0.4, -0.2) is 60.6 Å². The maximum atomic E-state index is 14.2. The van der Waals surface area contributed by atoms with Crippen LogP contribution in [0.15, 0.2) is 18.2 Å². The number of nitrogens with one attached hydrogen (secondary N) is 1. The predicted octanol–water partition coefficient (Wildman–Crippen LogP) is 3.60. The Bertz CT molecular complexity index is 968. The molecule has 1 aromatic rings. The first-order chi connectivity index (χ1) is 15.3. The van der Waals surface area contributed by atoms with Crippen molar-refractivity contribution in [2.45, 2.75) is 51.0 Å². The number of halogens is 1. The SMILES string of the molecule is O=C1NC(=S)CN1CCCCCS(=O)(=O)N1CCC[C@@H]1c1ccc(F)c(OCC2CC2)c1. The van der Waals surface area contributed by atoms with Crippen LogP contribution in [0, 0.1) is 11.7 Å². The first-order valence-corrected chi connectivity index (χ1v) is 13.4. The molecular weight excluding hydrogens is 453 g/mol. The average Bonchev–Trinajstić information content (AvgIpc) is 3.33. The van der Waals surface area contributed by atoms with Crippen molar-refractivity contribution in [1.29, 1.82) is 0 Å². The molecule has 0 aromatic heterocycles. The number of urea groups is 1. The maximum absolute atomic E-state index is 14.2. The second kappa shape index (κ2) is 10.0. The Labute approximate surface area is 194 Å². The third-order valence-electron chi connectivity index (χ3n) is 6.27. The summed E-state index contributed by atoms with van der Waals surface area (Å²) < 4.78 is 47.4. The molecule has 2 aliphatic heterocycles. The molecule has 0 unspecified atom stereocenters. The fraction of sp³-hybridized carbons (Fsp3) is 0.636. The predicted molar refractivity (Wildman–Crippen MR) is 124 cm³/mol. The molecule has 2 heterocycles. The van der Waals surface area contributed by atoms with Gasteiger partial charge in [-0.2, -0.15) is 4.31 Å². The number of amides is 2. The van der Waals surface area contributed by atoms with Gasteiger partial charge in [0.2, 0.25) is 10.0 Å². The van der Waals surface area contributed by atoms with Crippen LogP contribution in [0.2, 0.25) is 0 Å². The zero-order valence-electron chi connectivity index (χ0n) is 18.1. The number of benzene rings is 1. The van der Waals surface area contributed by atoms with Gasteiger partial charge in [0.1, 0.15) is 4.99 Å². The highest BCUT2D eigenvalue weighted by Crippen LogP contribution is 2.37. The molecule has 1 atom stereocenters. The number of hydrogen-bond donors (Lipinski definition) is 1. The molecule has 4 rings (SSSR count).